The van der Waals surface area contributed by atoms with Gasteiger partial charge in [-0.3, -0.25) is 4.79 Å². The number of hydrogen-bond donors (Lipinski definition) is 2. The van der Waals surface area contributed by atoms with Crippen LogP contribution in [-0.2, 0) is 13.0 Å². The van der Waals surface area contributed by atoms with Gasteiger partial charge in [0.15, 0.2) is 0 Å². The SMILES string of the molecule is Cc1ccc(NC(=O)c2cccc3c2CNCC3)c(C)c1. The summed E-state index contributed by atoms with van der Waals surface area (Å²) in [6, 6.07) is 12.1. The summed E-state index contributed by atoms with van der Waals surface area (Å²) in [7, 11) is 0. The predicted molar refractivity (Wildman–Crippen MR) is 85.7 cm³/mol. The summed E-state index contributed by atoms with van der Waals surface area (Å²) >= 11 is 0. The molecule has 0 atom stereocenters. The molecule has 3 rings (SSSR count). The normalized spacial score (nSPS) is 13.6. The molecular weight excluding hydrogens is 260 g/mol. The van der Waals surface area contributed by atoms with Gasteiger partial charge in [-0.2, -0.15) is 0 Å². The van der Waals surface area contributed by atoms with E-state index in [2.05, 4.69) is 29.7 Å². The zero-order chi connectivity index (χ0) is 14.8. The highest BCUT2D eigenvalue weighted by atomic mass is 16.1. The van der Waals surface area contributed by atoms with Gasteiger partial charge in [-0.15, -0.1) is 0 Å². The third-order valence-corrected chi connectivity index (χ3v) is 4.02. The van der Waals surface area contributed by atoms with E-state index in [0.717, 1.165) is 41.9 Å². The smallest absolute Gasteiger partial charge is 0.256 e. The molecular formula is C18H20N2O. The molecule has 3 heteroatoms. The highest BCUT2D eigenvalue weighted by Gasteiger charge is 2.17. The fourth-order valence-electron chi connectivity index (χ4n) is 2.87. The number of nitrogens with one attached hydrogen (secondary N) is 2. The van der Waals surface area contributed by atoms with Crippen molar-refractivity contribution in [2.24, 2.45) is 0 Å². The van der Waals surface area contributed by atoms with Crippen molar-refractivity contribution in [1.82, 2.24) is 5.32 Å². The summed E-state index contributed by atoms with van der Waals surface area (Å²) in [5.41, 5.74) is 6.36. The molecule has 0 aromatic heterocycles. The van der Waals surface area contributed by atoms with E-state index < -0.39 is 0 Å². The summed E-state index contributed by atoms with van der Waals surface area (Å²) in [6.07, 6.45) is 0.986. The number of aryl methyl sites for hydroxylation is 2. The van der Waals surface area contributed by atoms with E-state index >= 15 is 0 Å². The van der Waals surface area contributed by atoms with Gasteiger partial charge in [0.2, 0.25) is 0 Å². The number of hydrogen-bond acceptors (Lipinski definition) is 2. The molecule has 2 N–H and O–H groups in total. The number of fused-ring (bicyclic) bond motifs is 1. The molecule has 0 fully saturated rings. The van der Waals surface area contributed by atoms with Gasteiger partial charge in [-0.1, -0.05) is 29.8 Å². The van der Waals surface area contributed by atoms with Gasteiger partial charge in [-0.05, 0) is 55.6 Å². The first-order valence-corrected chi connectivity index (χ1v) is 7.35. The monoisotopic (exact) mass is 280 g/mol. The number of anilines is 1. The number of benzene rings is 2. The van der Waals surface area contributed by atoms with Crippen molar-refractivity contribution < 1.29 is 4.79 Å². The van der Waals surface area contributed by atoms with Crippen LogP contribution in [0.15, 0.2) is 36.4 Å². The van der Waals surface area contributed by atoms with Crippen molar-refractivity contribution in [2.45, 2.75) is 26.8 Å². The Labute approximate surface area is 125 Å². The van der Waals surface area contributed by atoms with Crippen molar-refractivity contribution in [1.29, 1.82) is 0 Å². The second kappa shape index (κ2) is 5.70. The number of carbonyl (C=O) groups excluding carboxylic acids is 1. The molecule has 2 aromatic carbocycles. The van der Waals surface area contributed by atoms with Crippen LogP contribution in [0.4, 0.5) is 5.69 Å². The molecule has 1 heterocycles. The maximum absolute atomic E-state index is 12.6. The molecule has 3 nitrogen and oxygen atoms in total. The maximum atomic E-state index is 12.6. The van der Waals surface area contributed by atoms with Crippen LogP contribution in [0, 0.1) is 13.8 Å². The first-order valence-electron chi connectivity index (χ1n) is 7.35. The quantitative estimate of drug-likeness (QED) is 0.887. The fraction of sp³-hybridized carbons (Fsp3) is 0.278. The third-order valence-electron chi connectivity index (χ3n) is 4.02. The van der Waals surface area contributed by atoms with Crippen LogP contribution >= 0.6 is 0 Å². The number of carbonyl (C=O) groups is 1. The van der Waals surface area contributed by atoms with Gasteiger partial charge >= 0.3 is 0 Å². The van der Waals surface area contributed by atoms with Crippen LogP contribution in [0.5, 0.6) is 0 Å². The van der Waals surface area contributed by atoms with Gasteiger partial charge in [0.25, 0.3) is 5.91 Å². The first-order chi connectivity index (χ1) is 10.1. The zero-order valence-electron chi connectivity index (χ0n) is 12.5. The minimum Gasteiger partial charge on any atom is -0.322 e. The average Bonchev–Trinajstić information content (AvgIpc) is 2.49. The Morgan fingerprint density at radius 2 is 2.05 bits per heavy atom. The molecule has 0 bridgehead atoms. The molecule has 1 aliphatic heterocycles. The van der Waals surface area contributed by atoms with Gasteiger partial charge in [0, 0.05) is 17.8 Å². The third kappa shape index (κ3) is 2.83. The van der Waals surface area contributed by atoms with Crippen molar-refractivity contribution in [2.75, 3.05) is 11.9 Å². The first kappa shape index (κ1) is 13.8. The van der Waals surface area contributed by atoms with Crippen LogP contribution in [0.3, 0.4) is 0 Å². The Morgan fingerprint density at radius 1 is 1.19 bits per heavy atom. The van der Waals surface area contributed by atoms with Crippen molar-refractivity contribution >= 4 is 11.6 Å². The summed E-state index contributed by atoms with van der Waals surface area (Å²) in [4.78, 5) is 12.6. The van der Waals surface area contributed by atoms with Crippen molar-refractivity contribution in [3.8, 4) is 0 Å². The molecule has 0 spiro atoms. The second-order valence-electron chi connectivity index (χ2n) is 5.64. The second-order valence-corrected chi connectivity index (χ2v) is 5.64. The predicted octanol–water partition coefficient (Wildman–Crippen LogP) is 3.20. The Hall–Kier alpha value is -2.13. The molecule has 21 heavy (non-hydrogen) atoms. The molecule has 2 aromatic rings. The summed E-state index contributed by atoms with van der Waals surface area (Å²) in [5.74, 6) is -0.0255. The summed E-state index contributed by atoms with van der Waals surface area (Å²) < 4.78 is 0. The van der Waals surface area contributed by atoms with Crippen molar-refractivity contribution in [3.05, 3.63) is 64.2 Å². The molecule has 0 aliphatic carbocycles. The van der Waals surface area contributed by atoms with E-state index in [9.17, 15) is 4.79 Å². The van der Waals surface area contributed by atoms with E-state index in [1.807, 2.05) is 31.2 Å². The Balaban J connectivity index is 1.89. The van der Waals surface area contributed by atoms with Gasteiger partial charge in [0.1, 0.15) is 0 Å². The van der Waals surface area contributed by atoms with Gasteiger partial charge in [0.05, 0.1) is 0 Å². The topological polar surface area (TPSA) is 41.1 Å². The Bertz CT molecular complexity index is 692. The molecule has 108 valence electrons. The van der Waals surface area contributed by atoms with E-state index in [1.165, 1.54) is 11.1 Å². The number of rotatable bonds is 2. The maximum Gasteiger partial charge on any atom is 0.256 e. The van der Waals surface area contributed by atoms with Crippen LogP contribution < -0.4 is 10.6 Å². The lowest BCUT2D eigenvalue weighted by molar-refractivity contribution is 0.102. The molecule has 1 aliphatic rings. The van der Waals surface area contributed by atoms with E-state index in [0.29, 0.717) is 0 Å². The largest absolute Gasteiger partial charge is 0.322 e. The number of amides is 1. The minimum absolute atomic E-state index is 0.0255. The molecule has 0 saturated heterocycles. The zero-order valence-corrected chi connectivity index (χ0v) is 12.5. The lowest BCUT2D eigenvalue weighted by Crippen LogP contribution is -2.27. The van der Waals surface area contributed by atoms with Gasteiger partial charge in [-0.25, -0.2) is 0 Å². The molecule has 0 radical (unpaired) electrons. The Kier molecular flexibility index (Phi) is 3.76. The molecule has 0 unspecified atom stereocenters. The van der Waals surface area contributed by atoms with Crippen LogP contribution in [0.2, 0.25) is 0 Å². The lowest BCUT2D eigenvalue weighted by Gasteiger charge is -2.20. The van der Waals surface area contributed by atoms with E-state index in [1.54, 1.807) is 0 Å². The highest BCUT2D eigenvalue weighted by molar-refractivity contribution is 6.05. The van der Waals surface area contributed by atoms with Crippen LogP contribution in [-0.4, -0.2) is 12.5 Å². The van der Waals surface area contributed by atoms with Crippen LogP contribution in [0.1, 0.15) is 32.6 Å². The highest BCUT2D eigenvalue weighted by Crippen LogP contribution is 2.21. The van der Waals surface area contributed by atoms with Crippen LogP contribution in [0.25, 0.3) is 0 Å². The minimum atomic E-state index is -0.0255. The van der Waals surface area contributed by atoms with E-state index in [-0.39, 0.29) is 5.91 Å². The van der Waals surface area contributed by atoms with Gasteiger partial charge < -0.3 is 10.6 Å². The Morgan fingerprint density at radius 3 is 2.86 bits per heavy atom. The average molecular weight is 280 g/mol. The molecule has 1 amide bonds. The molecule has 0 saturated carbocycles. The standard InChI is InChI=1S/C18H20N2O/c1-12-6-7-17(13(2)10-12)20-18(21)15-5-3-4-14-8-9-19-11-16(14)15/h3-7,10,19H,8-9,11H2,1-2H3,(H,20,21). The summed E-state index contributed by atoms with van der Waals surface area (Å²) in [5, 5.41) is 6.38. The summed E-state index contributed by atoms with van der Waals surface area (Å²) in [6.45, 7) is 5.82. The fourth-order valence-corrected chi connectivity index (χ4v) is 2.87. The van der Waals surface area contributed by atoms with E-state index in [4.69, 9.17) is 0 Å². The lowest BCUT2D eigenvalue weighted by atomic mass is 9.95. The van der Waals surface area contributed by atoms with Crippen molar-refractivity contribution in [3.63, 3.8) is 0 Å².